The SMILES string of the molecule is CC1CCCCN1CC(=O)Nc1cc(Cl)ccc1[N+](=O)[O-]. The molecule has 0 aromatic heterocycles. The fraction of sp³-hybridized carbons (Fsp3) is 0.500. The summed E-state index contributed by atoms with van der Waals surface area (Å²) in [5, 5.41) is 13.9. The highest BCUT2D eigenvalue weighted by atomic mass is 35.5. The van der Waals surface area contributed by atoms with Gasteiger partial charge in [-0.15, -0.1) is 0 Å². The summed E-state index contributed by atoms with van der Waals surface area (Å²) in [5.74, 6) is -0.255. The molecule has 1 aliphatic rings. The molecule has 1 heterocycles. The quantitative estimate of drug-likeness (QED) is 0.685. The fourth-order valence-electron chi connectivity index (χ4n) is 2.53. The summed E-state index contributed by atoms with van der Waals surface area (Å²) in [5.41, 5.74) is -0.0124. The number of benzene rings is 1. The topological polar surface area (TPSA) is 75.5 Å². The van der Waals surface area contributed by atoms with Gasteiger partial charge in [0.05, 0.1) is 11.5 Å². The van der Waals surface area contributed by atoms with Crippen LogP contribution in [0.1, 0.15) is 26.2 Å². The first kappa shape index (κ1) is 15.7. The number of piperidine rings is 1. The molecule has 0 bridgehead atoms. The highest BCUT2D eigenvalue weighted by Gasteiger charge is 2.22. The third-order valence-electron chi connectivity index (χ3n) is 3.72. The van der Waals surface area contributed by atoms with Crippen molar-refractivity contribution in [3.8, 4) is 0 Å². The van der Waals surface area contributed by atoms with Gasteiger partial charge in [-0.1, -0.05) is 18.0 Å². The van der Waals surface area contributed by atoms with Gasteiger partial charge >= 0.3 is 0 Å². The van der Waals surface area contributed by atoms with Crippen molar-refractivity contribution in [2.75, 3.05) is 18.4 Å². The molecule has 0 spiro atoms. The number of likely N-dealkylation sites (tertiary alicyclic amines) is 1. The first-order chi connectivity index (χ1) is 9.97. The minimum absolute atomic E-state index is 0.141. The van der Waals surface area contributed by atoms with Crippen LogP contribution in [0.4, 0.5) is 11.4 Å². The minimum atomic E-state index is -0.532. The van der Waals surface area contributed by atoms with E-state index in [4.69, 9.17) is 11.6 Å². The predicted molar refractivity (Wildman–Crippen MR) is 81.6 cm³/mol. The lowest BCUT2D eigenvalue weighted by Gasteiger charge is -2.32. The molecular weight excluding hydrogens is 294 g/mol. The Morgan fingerprint density at radius 3 is 2.95 bits per heavy atom. The number of nitro groups is 1. The number of anilines is 1. The van der Waals surface area contributed by atoms with E-state index in [9.17, 15) is 14.9 Å². The van der Waals surface area contributed by atoms with Gasteiger partial charge < -0.3 is 5.32 Å². The first-order valence-electron chi connectivity index (χ1n) is 6.95. The molecule has 7 heteroatoms. The summed E-state index contributed by atoms with van der Waals surface area (Å²) < 4.78 is 0. The van der Waals surface area contributed by atoms with Crippen LogP contribution < -0.4 is 5.32 Å². The maximum atomic E-state index is 12.1. The Hall–Kier alpha value is -1.66. The number of hydrogen-bond donors (Lipinski definition) is 1. The zero-order chi connectivity index (χ0) is 15.4. The number of halogens is 1. The molecule has 1 unspecified atom stereocenters. The van der Waals surface area contributed by atoms with Crippen molar-refractivity contribution in [3.05, 3.63) is 33.3 Å². The Bertz CT molecular complexity index is 550. The van der Waals surface area contributed by atoms with E-state index in [1.807, 2.05) is 0 Å². The Morgan fingerprint density at radius 2 is 2.29 bits per heavy atom. The number of nitro benzene ring substituents is 1. The van der Waals surface area contributed by atoms with E-state index in [0.29, 0.717) is 11.1 Å². The molecule has 1 aliphatic heterocycles. The molecule has 0 radical (unpaired) electrons. The summed E-state index contributed by atoms with van der Waals surface area (Å²) in [6.45, 7) is 3.21. The molecule has 1 fully saturated rings. The zero-order valence-electron chi connectivity index (χ0n) is 11.8. The number of nitrogens with one attached hydrogen (secondary N) is 1. The number of amides is 1. The summed E-state index contributed by atoms with van der Waals surface area (Å²) >= 11 is 5.84. The van der Waals surface area contributed by atoms with E-state index in [0.717, 1.165) is 19.4 Å². The average Bonchev–Trinajstić information content (AvgIpc) is 2.41. The zero-order valence-corrected chi connectivity index (χ0v) is 12.6. The molecule has 1 atom stereocenters. The van der Waals surface area contributed by atoms with Crippen molar-refractivity contribution < 1.29 is 9.72 Å². The summed E-state index contributed by atoms with van der Waals surface area (Å²) in [6.07, 6.45) is 3.33. The van der Waals surface area contributed by atoms with Crippen molar-refractivity contribution in [1.29, 1.82) is 0 Å². The monoisotopic (exact) mass is 311 g/mol. The van der Waals surface area contributed by atoms with E-state index in [-0.39, 0.29) is 23.8 Å². The largest absolute Gasteiger partial charge is 0.319 e. The first-order valence-corrected chi connectivity index (χ1v) is 7.33. The fourth-order valence-corrected chi connectivity index (χ4v) is 2.71. The van der Waals surface area contributed by atoms with E-state index in [1.165, 1.54) is 24.6 Å². The van der Waals surface area contributed by atoms with Crippen LogP contribution in [0.3, 0.4) is 0 Å². The molecule has 1 aromatic carbocycles. The lowest BCUT2D eigenvalue weighted by Crippen LogP contribution is -2.42. The molecular formula is C14H18ClN3O3. The van der Waals surface area contributed by atoms with Gasteiger partial charge in [0.25, 0.3) is 5.69 Å². The molecule has 1 amide bonds. The molecule has 2 rings (SSSR count). The Balaban J connectivity index is 2.05. The van der Waals surface area contributed by atoms with Gasteiger partial charge in [0, 0.05) is 17.1 Å². The molecule has 0 saturated carbocycles. The van der Waals surface area contributed by atoms with E-state index in [1.54, 1.807) is 0 Å². The van der Waals surface area contributed by atoms with Crippen LogP contribution in [0.2, 0.25) is 5.02 Å². The van der Waals surface area contributed by atoms with Crippen LogP contribution in [-0.2, 0) is 4.79 Å². The van der Waals surface area contributed by atoms with Crippen molar-refractivity contribution in [2.45, 2.75) is 32.2 Å². The van der Waals surface area contributed by atoms with Gasteiger partial charge in [0.15, 0.2) is 0 Å². The van der Waals surface area contributed by atoms with E-state index in [2.05, 4.69) is 17.1 Å². The van der Waals surface area contributed by atoms with E-state index >= 15 is 0 Å². The number of rotatable bonds is 4. The van der Waals surface area contributed by atoms with Crippen LogP contribution in [0.5, 0.6) is 0 Å². The van der Waals surface area contributed by atoms with Gasteiger partial charge in [-0.25, -0.2) is 0 Å². The van der Waals surface area contributed by atoms with Gasteiger partial charge in [-0.3, -0.25) is 19.8 Å². The van der Waals surface area contributed by atoms with Gasteiger partial charge in [0.1, 0.15) is 5.69 Å². The Morgan fingerprint density at radius 1 is 1.52 bits per heavy atom. The average molecular weight is 312 g/mol. The highest BCUT2D eigenvalue weighted by Crippen LogP contribution is 2.27. The number of hydrogen-bond acceptors (Lipinski definition) is 4. The van der Waals surface area contributed by atoms with Crippen LogP contribution in [-0.4, -0.2) is 34.9 Å². The maximum absolute atomic E-state index is 12.1. The van der Waals surface area contributed by atoms with Crippen molar-refractivity contribution in [1.82, 2.24) is 4.90 Å². The molecule has 21 heavy (non-hydrogen) atoms. The third-order valence-corrected chi connectivity index (χ3v) is 3.95. The second kappa shape index (κ2) is 6.87. The van der Waals surface area contributed by atoms with Crippen molar-refractivity contribution in [2.24, 2.45) is 0 Å². The molecule has 1 N–H and O–H groups in total. The lowest BCUT2D eigenvalue weighted by atomic mass is 10.0. The number of carbonyl (C=O) groups is 1. The maximum Gasteiger partial charge on any atom is 0.292 e. The minimum Gasteiger partial charge on any atom is -0.319 e. The van der Waals surface area contributed by atoms with E-state index < -0.39 is 4.92 Å². The molecule has 0 aliphatic carbocycles. The summed E-state index contributed by atoms with van der Waals surface area (Å²) in [7, 11) is 0. The Labute approximate surface area is 128 Å². The van der Waals surface area contributed by atoms with Crippen molar-refractivity contribution >= 4 is 28.9 Å². The van der Waals surface area contributed by atoms with Crippen LogP contribution in [0.25, 0.3) is 0 Å². The molecule has 1 aromatic rings. The molecule has 114 valence electrons. The summed E-state index contributed by atoms with van der Waals surface area (Å²) in [4.78, 5) is 24.6. The number of nitrogens with zero attached hydrogens (tertiary/aromatic N) is 2. The highest BCUT2D eigenvalue weighted by molar-refractivity contribution is 6.31. The van der Waals surface area contributed by atoms with Crippen LogP contribution in [0.15, 0.2) is 18.2 Å². The van der Waals surface area contributed by atoms with Gasteiger partial charge in [0.2, 0.25) is 5.91 Å². The lowest BCUT2D eigenvalue weighted by molar-refractivity contribution is -0.383. The third kappa shape index (κ3) is 4.15. The second-order valence-corrected chi connectivity index (χ2v) is 5.72. The predicted octanol–water partition coefficient (Wildman–Crippen LogP) is 3.06. The van der Waals surface area contributed by atoms with Gasteiger partial charge in [-0.2, -0.15) is 0 Å². The second-order valence-electron chi connectivity index (χ2n) is 5.28. The van der Waals surface area contributed by atoms with Gasteiger partial charge in [-0.05, 0) is 38.4 Å². The smallest absolute Gasteiger partial charge is 0.292 e. The number of carbonyl (C=O) groups excluding carboxylic acids is 1. The van der Waals surface area contributed by atoms with Crippen molar-refractivity contribution in [3.63, 3.8) is 0 Å². The summed E-state index contributed by atoms with van der Waals surface area (Å²) in [6, 6.07) is 4.49. The standard InChI is InChI=1S/C14H18ClN3O3/c1-10-4-2-3-7-17(10)9-14(19)16-12-8-11(15)5-6-13(12)18(20)21/h5-6,8,10H,2-4,7,9H2,1H3,(H,16,19). The molecule has 1 saturated heterocycles. The Kier molecular flexibility index (Phi) is 5.14. The normalized spacial score (nSPS) is 19.2. The van der Waals surface area contributed by atoms with Crippen LogP contribution >= 0.6 is 11.6 Å². The molecule has 6 nitrogen and oxygen atoms in total. The van der Waals surface area contributed by atoms with Crippen LogP contribution in [0, 0.1) is 10.1 Å².